The highest BCUT2D eigenvalue weighted by Crippen LogP contribution is 2.46. The van der Waals surface area contributed by atoms with E-state index in [-0.39, 0.29) is 0 Å². The van der Waals surface area contributed by atoms with E-state index in [4.69, 9.17) is 14.4 Å². The Balaban J connectivity index is 1.32. The number of aromatic nitrogens is 2. The Morgan fingerprint density at radius 1 is 0.458 bits per heavy atom. The summed E-state index contributed by atoms with van der Waals surface area (Å²) in [6, 6.07) is 60.8. The van der Waals surface area contributed by atoms with Crippen LogP contribution in [0.3, 0.4) is 0 Å². The maximum Gasteiger partial charge on any atom is 0.164 e. The zero-order chi connectivity index (χ0) is 31.9. The number of furan rings is 1. The second-order valence-corrected chi connectivity index (χ2v) is 11.8. The Morgan fingerprint density at radius 3 is 1.77 bits per heavy atom. The molecule has 7 aromatic carbocycles. The zero-order valence-electron chi connectivity index (χ0n) is 26.0. The Kier molecular flexibility index (Phi) is 6.76. The number of nitrogens with zero attached hydrogens (tertiary/aromatic N) is 3. The van der Waals surface area contributed by atoms with E-state index in [0.717, 1.165) is 67.1 Å². The molecule has 0 unspecified atom stereocenters. The fourth-order valence-electron chi connectivity index (χ4n) is 6.57. The van der Waals surface area contributed by atoms with E-state index in [9.17, 15) is 0 Å². The van der Waals surface area contributed by atoms with Crippen LogP contribution in [0, 0.1) is 0 Å². The molecule has 9 aromatic rings. The predicted octanol–water partition coefficient (Wildman–Crippen LogP) is 12.0. The Hall–Kier alpha value is -6.52. The van der Waals surface area contributed by atoms with Crippen LogP contribution < -0.4 is 4.90 Å². The van der Waals surface area contributed by atoms with Gasteiger partial charge < -0.3 is 9.32 Å². The van der Waals surface area contributed by atoms with Gasteiger partial charge in [0, 0.05) is 27.9 Å². The van der Waals surface area contributed by atoms with Gasteiger partial charge in [-0.15, -0.1) is 0 Å². The summed E-state index contributed by atoms with van der Waals surface area (Å²) >= 11 is 0. The monoisotopic (exact) mass is 615 g/mol. The summed E-state index contributed by atoms with van der Waals surface area (Å²) in [6.07, 6.45) is 0. The number of fused-ring (bicyclic) bond motifs is 4. The van der Waals surface area contributed by atoms with Gasteiger partial charge in [0.2, 0.25) is 0 Å². The molecule has 2 aromatic heterocycles. The van der Waals surface area contributed by atoms with E-state index in [1.165, 1.54) is 10.8 Å². The molecule has 48 heavy (non-hydrogen) atoms. The van der Waals surface area contributed by atoms with E-state index >= 15 is 0 Å². The standard InChI is InChI=1S/C44H29N3O/c1-4-15-31(16-5-1)38-29-39(32-17-6-2-7-18-32)46-44(45-38)37-26-27-40(42-36-22-12-13-23-41(36)48-43(37)42)47(34-20-8-3-9-21-34)35-25-24-30-14-10-11-19-33(30)28-35/h1-29H. The topological polar surface area (TPSA) is 42.2 Å². The summed E-state index contributed by atoms with van der Waals surface area (Å²) in [5, 5.41) is 4.43. The highest BCUT2D eigenvalue weighted by atomic mass is 16.3. The van der Waals surface area contributed by atoms with Gasteiger partial charge in [-0.25, -0.2) is 9.97 Å². The molecule has 0 bridgehead atoms. The van der Waals surface area contributed by atoms with Crippen molar-refractivity contribution >= 4 is 49.8 Å². The second kappa shape index (κ2) is 11.7. The minimum Gasteiger partial charge on any atom is -0.455 e. The third kappa shape index (κ3) is 4.88. The summed E-state index contributed by atoms with van der Waals surface area (Å²) in [4.78, 5) is 12.6. The number of anilines is 3. The Labute approximate surface area is 278 Å². The molecule has 226 valence electrons. The molecule has 0 aliphatic rings. The summed E-state index contributed by atoms with van der Waals surface area (Å²) in [5.41, 5.74) is 9.31. The molecule has 2 heterocycles. The van der Waals surface area contributed by atoms with Gasteiger partial charge in [-0.2, -0.15) is 0 Å². The highest BCUT2D eigenvalue weighted by Gasteiger charge is 2.23. The molecule has 0 fully saturated rings. The fraction of sp³-hybridized carbons (Fsp3) is 0. The van der Waals surface area contributed by atoms with Gasteiger partial charge in [0.15, 0.2) is 5.82 Å². The first kappa shape index (κ1) is 27.8. The van der Waals surface area contributed by atoms with Crippen LogP contribution in [0.15, 0.2) is 180 Å². The predicted molar refractivity (Wildman–Crippen MR) is 198 cm³/mol. The first-order valence-electron chi connectivity index (χ1n) is 16.1. The lowest BCUT2D eigenvalue weighted by molar-refractivity contribution is 0.669. The first-order chi connectivity index (χ1) is 23.8. The molecule has 9 rings (SSSR count). The molecule has 0 saturated carbocycles. The number of para-hydroxylation sites is 2. The quantitative estimate of drug-likeness (QED) is 0.187. The molecular weight excluding hydrogens is 587 g/mol. The van der Waals surface area contributed by atoms with Crippen molar-refractivity contribution in [3.8, 4) is 33.9 Å². The van der Waals surface area contributed by atoms with E-state index in [2.05, 4.69) is 132 Å². The molecule has 0 atom stereocenters. The van der Waals surface area contributed by atoms with Crippen LogP contribution in [0.2, 0.25) is 0 Å². The lowest BCUT2D eigenvalue weighted by Gasteiger charge is -2.27. The lowest BCUT2D eigenvalue weighted by Crippen LogP contribution is -2.10. The number of hydrogen-bond donors (Lipinski definition) is 0. The molecule has 0 N–H and O–H groups in total. The van der Waals surface area contributed by atoms with Crippen molar-refractivity contribution in [1.29, 1.82) is 0 Å². The van der Waals surface area contributed by atoms with Crippen molar-refractivity contribution < 1.29 is 4.42 Å². The van der Waals surface area contributed by atoms with E-state index in [1.54, 1.807) is 0 Å². The van der Waals surface area contributed by atoms with Crippen molar-refractivity contribution in [3.05, 3.63) is 176 Å². The van der Waals surface area contributed by atoms with Crippen molar-refractivity contribution in [2.24, 2.45) is 0 Å². The summed E-state index contributed by atoms with van der Waals surface area (Å²) in [6.45, 7) is 0. The fourth-order valence-corrected chi connectivity index (χ4v) is 6.57. The minimum absolute atomic E-state index is 0.614. The molecule has 0 aliphatic heterocycles. The van der Waals surface area contributed by atoms with Gasteiger partial charge >= 0.3 is 0 Å². The van der Waals surface area contributed by atoms with Crippen LogP contribution in [-0.2, 0) is 0 Å². The van der Waals surface area contributed by atoms with E-state index < -0.39 is 0 Å². The average Bonchev–Trinajstić information content (AvgIpc) is 3.56. The van der Waals surface area contributed by atoms with Crippen molar-refractivity contribution in [2.45, 2.75) is 0 Å². The molecule has 0 radical (unpaired) electrons. The largest absolute Gasteiger partial charge is 0.455 e. The maximum absolute atomic E-state index is 6.76. The maximum atomic E-state index is 6.76. The Bertz CT molecular complexity index is 2500. The molecule has 0 saturated heterocycles. The SMILES string of the molecule is c1ccc(-c2cc(-c3ccccc3)nc(-c3ccc(N(c4ccccc4)c4ccc5ccccc5c4)c4c3oc3ccccc34)n2)cc1. The summed E-state index contributed by atoms with van der Waals surface area (Å²) in [5.74, 6) is 0.614. The normalized spacial score (nSPS) is 11.3. The van der Waals surface area contributed by atoms with Gasteiger partial charge in [-0.1, -0.05) is 127 Å². The molecule has 0 amide bonds. The van der Waals surface area contributed by atoms with E-state index in [0.29, 0.717) is 5.82 Å². The van der Waals surface area contributed by atoms with Crippen LogP contribution in [0.4, 0.5) is 17.1 Å². The second-order valence-electron chi connectivity index (χ2n) is 11.8. The van der Waals surface area contributed by atoms with Crippen LogP contribution in [-0.4, -0.2) is 9.97 Å². The lowest BCUT2D eigenvalue weighted by atomic mass is 10.0. The third-order valence-electron chi connectivity index (χ3n) is 8.86. The van der Waals surface area contributed by atoms with Gasteiger partial charge in [-0.05, 0) is 59.3 Å². The minimum atomic E-state index is 0.614. The molecule has 4 heteroatoms. The average molecular weight is 616 g/mol. The molecular formula is C44H29N3O. The number of benzene rings is 7. The van der Waals surface area contributed by atoms with Crippen molar-refractivity contribution in [1.82, 2.24) is 9.97 Å². The third-order valence-corrected chi connectivity index (χ3v) is 8.86. The van der Waals surface area contributed by atoms with Crippen LogP contribution in [0.25, 0.3) is 66.6 Å². The van der Waals surface area contributed by atoms with Gasteiger partial charge in [0.25, 0.3) is 0 Å². The van der Waals surface area contributed by atoms with Gasteiger partial charge in [0.1, 0.15) is 11.2 Å². The van der Waals surface area contributed by atoms with Gasteiger partial charge in [0.05, 0.1) is 28.0 Å². The van der Waals surface area contributed by atoms with Crippen LogP contribution in [0.1, 0.15) is 0 Å². The van der Waals surface area contributed by atoms with Crippen molar-refractivity contribution in [2.75, 3.05) is 4.90 Å². The molecule has 0 aliphatic carbocycles. The molecule has 4 nitrogen and oxygen atoms in total. The molecule has 0 spiro atoms. The van der Waals surface area contributed by atoms with Crippen LogP contribution in [0.5, 0.6) is 0 Å². The van der Waals surface area contributed by atoms with E-state index in [1.807, 2.05) is 48.5 Å². The number of rotatable bonds is 6. The highest BCUT2D eigenvalue weighted by molar-refractivity contribution is 6.17. The summed E-state index contributed by atoms with van der Waals surface area (Å²) < 4.78 is 6.76. The smallest absolute Gasteiger partial charge is 0.164 e. The zero-order valence-corrected chi connectivity index (χ0v) is 26.0. The van der Waals surface area contributed by atoms with Crippen LogP contribution >= 0.6 is 0 Å². The summed E-state index contributed by atoms with van der Waals surface area (Å²) in [7, 11) is 0. The van der Waals surface area contributed by atoms with Gasteiger partial charge in [-0.3, -0.25) is 0 Å². The first-order valence-corrected chi connectivity index (χ1v) is 16.1. The van der Waals surface area contributed by atoms with Crippen molar-refractivity contribution in [3.63, 3.8) is 0 Å². The number of hydrogen-bond acceptors (Lipinski definition) is 4. The Morgan fingerprint density at radius 2 is 1.06 bits per heavy atom.